The number of hydrogen-bond acceptors (Lipinski definition) is 5. The zero-order valence-corrected chi connectivity index (χ0v) is 12.7. The third-order valence-corrected chi connectivity index (χ3v) is 4.37. The maximum atomic E-state index is 12.3. The van der Waals surface area contributed by atoms with Crippen molar-refractivity contribution < 1.29 is 13.2 Å². The van der Waals surface area contributed by atoms with E-state index in [0.717, 1.165) is 5.56 Å². The molecule has 1 aromatic carbocycles. The van der Waals surface area contributed by atoms with Crippen LogP contribution in [0.4, 0.5) is 0 Å². The van der Waals surface area contributed by atoms with Crippen LogP contribution in [0.25, 0.3) is 0 Å². The summed E-state index contributed by atoms with van der Waals surface area (Å²) in [4.78, 5) is 0. The van der Waals surface area contributed by atoms with Crippen molar-refractivity contribution in [2.45, 2.75) is 18.1 Å². The average molecular weight is 310 g/mol. The first kappa shape index (κ1) is 15.5. The molecule has 0 amide bonds. The average Bonchev–Trinajstić information content (AvgIpc) is 2.95. The standard InChI is InChI=1S/C13H18N4O3S/c1-14-7-11-8-15-17-13(11)21(18,19)16-9-10-5-3-4-6-12(10)20-2/h3-6,8,14,16H,7,9H2,1-2H3,(H,15,17). The molecule has 1 heterocycles. The second-order valence-corrected chi connectivity index (χ2v) is 6.09. The van der Waals surface area contributed by atoms with Crippen molar-refractivity contribution >= 4 is 10.0 Å². The minimum Gasteiger partial charge on any atom is -0.496 e. The van der Waals surface area contributed by atoms with E-state index in [9.17, 15) is 8.42 Å². The summed E-state index contributed by atoms with van der Waals surface area (Å²) in [7, 11) is -0.366. The van der Waals surface area contributed by atoms with E-state index in [-0.39, 0.29) is 11.6 Å². The molecule has 0 spiro atoms. The van der Waals surface area contributed by atoms with E-state index in [2.05, 4.69) is 20.2 Å². The second-order valence-electron chi connectivity index (χ2n) is 4.39. The number of methoxy groups -OCH3 is 1. The molecule has 3 N–H and O–H groups in total. The SMILES string of the molecule is CNCc1cn[nH]c1S(=O)(=O)NCc1ccccc1OC. The molecular formula is C13H18N4O3S. The smallest absolute Gasteiger partial charge is 0.258 e. The Morgan fingerprint density at radius 2 is 2.00 bits per heavy atom. The van der Waals surface area contributed by atoms with Gasteiger partial charge in [-0.15, -0.1) is 0 Å². The molecule has 0 aliphatic carbocycles. The number of para-hydroxylation sites is 1. The van der Waals surface area contributed by atoms with Crippen LogP contribution in [0.15, 0.2) is 35.5 Å². The van der Waals surface area contributed by atoms with E-state index in [1.165, 1.54) is 6.20 Å². The van der Waals surface area contributed by atoms with Gasteiger partial charge in [0, 0.05) is 24.2 Å². The van der Waals surface area contributed by atoms with E-state index < -0.39 is 10.0 Å². The molecule has 2 rings (SSSR count). The second kappa shape index (κ2) is 6.70. The highest BCUT2D eigenvalue weighted by Gasteiger charge is 2.20. The minimum atomic E-state index is -3.66. The number of H-pyrrole nitrogens is 1. The maximum Gasteiger partial charge on any atom is 0.258 e. The van der Waals surface area contributed by atoms with E-state index >= 15 is 0 Å². The van der Waals surface area contributed by atoms with Gasteiger partial charge >= 0.3 is 0 Å². The van der Waals surface area contributed by atoms with Gasteiger partial charge in [-0.1, -0.05) is 18.2 Å². The van der Waals surface area contributed by atoms with Gasteiger partial charge < -0.3 is 10.1 Å². The quantitative estimate of drug-likeness (QED) is 0.696. The zero-order valence-electron chi connectivity index (χ0n) is 11.9. The van der Waals surface area contributed by atoms with E-state index in [4.69, 9.17) is 4.74 Å². The molecule has 0 bridgehead atoms. The van der Waals surface area contributed by atoms with E-state index in [1.54, 1.807) is 20.2 Å². The van der Waals surface area contributed by atoms with Crippen molar-refractivity contribution in [2.24, 2.45) is 0 Å². The molecule has 8 heteroatoms. The van der Waals surface area contributed by atoms with Crippen LogP contribution >= 0.6 is 0 Å². The summed E-state index contributed by atoms with van der Waals surface area (Å²) in [5, 5.41) is 9.29. The molecule has 0 saturated carbocycles. The summed E-state index contributed by atoms with van der Waals surface area (Å²) in [6.07, 6.45) is 1.49. The lowest BCUT2D eigenvalue weighted by Crippen LogP contribution is -2.25. The molecule has 2 aromatic rings. The fourth-order valence-electron chi connectivity index (χ4n) is 1.94. The first-order chi connectivity index (χ1) is 10.1. The van der Waals surface area contributed by atoms with Gasteiger partial charge in [0.05, 0.1) is 13.3 Å². The largest absolute Gasteiger partial charge is 0.496 e. The summed E-state index contributed by atoms with van der Waals surface area (Å²) in [5.74, 6) is 0.639. The molecule has 0 fully saturated rings. The van der Waals surface area contributed by atoms with Gasteiger partial charge in [0.15, 0.2) is 5.03 Å². The van der Waals surface area contributed by atoms with Gasteiger partial charge in [0.25, 0.3) is 10.0 Å². The Kier molecular flexibility index (Phi) is 4.94. The highest BCUT2D eigenvalue weighted by molar-refractivity contribution is 7.89. The highest BCUT2D eigenvalue weighted by Crippen LogP contribution is 2.18. The summed E-state index contributed by atoms with van der Waals surface area (Å²) >= 11 is 0. The monoisotopic (exact) mass is 310 g/mol. The molecule has 7 nitrogen and oxygen atoms in total. The summed E-state index contributed by atoms with van der Waals surface area (Å²) in [5.41, 5.74) is 1.35. The molecule has 21 heavy (non-hydrogen) atoms. The molecule has 0 saturated heterocycles. The van der Waals surface area contributed by atoms with Crippen LogP contribution in [-0.2, 0) is 23.1 Å². The lowest BCUT2D eigenvalue weighted by molar-refractivity contribution is 0.409. The Morgan fingerprint density at radius 1 is 1.24 bits per heavy atom. The van der Waals surface area contributed by atoms with Gasteiger partial charge in [-0.25, -0.2) is 13.1 Å². The van der Waals surface area contributed by atoms with Crippen LogP contribution in [0.5, 0.6) is 5.75 Å². The fourth-order valence-corrected chi connectivity index (χ4v) is 3.08. The molecule has 0 radical (unpaired) electrons. The molecular weight excluding hydrogens is 292 g/mol. The number of ether oxygens (including phenoxy) is 1. The van der Waals surface area contributed by atoms with E-state index in [0.29, 0.717) is 17.9 Å². The van der Waals surface area contributed by atoms with Crippen molar-refractivity contribution in [3.05, 3.63) is 41.6 Å². The molecule has 114 valence electrons. The van der Waals surface area contributed by atoms with Crippen LogP contribution in [-0.4, -0.2) is 32.8 Å². The lowest BCUT2D eigenvalue weighted by atomic mass is 10.2. The molecule has 0 aliphatic heterocycles. The summed E-state index contributed by atoms with van der Waals surface area (Å²) in [6.45, 7) is 0.561. The van der Waals surface area contributed by atoms with Crippen LogP contribution in [0, 0.1) is 0 Å². The van der Waals surface area contributed by atoms with Gasteiger partial charge in [0.1, 0.15) is 5.75 Å². The van der Waals surface area contributed by atoms with Crippen LogP contribution < -0.4 is 14.8 Å². The summed E-state index contributed by atoms with van der Waals surface area (Å²) in [6, 6.07) is 7.25. The van der Waals surface area contributed by atoms with Crippen LogP contribution in [0.1, 0.15) is 11.1 Å². The topological polar surface area (TPSA) is 96.1 Å². The van der Waals surface area contributed by atoms with Crippen molar-refractivity contribution in [3.8, 4) is 5.75 Å². The number of rotatable bonds is 7. The highest BCUT2D eigenvalue weighted by atomic mass is 32.2. The van der Waals surface area contributed by atoms with Gasteiger partial charge in [-0.2, -0.15) is 5.10 Å². The first-order valence-electron chi connectivity index (χ1n) is 6.37. The van der Waals surface area contributed by atoms with Gasteiger partial charge in [-0.3, -0.25) is 5.10 Å². The predicted molar refractivity (Wildman–Crippen MR) is 78.4 cm³/mol. The number of benzene rings is 1. The Labute approximate surface area is 123 Å². The fraction of sp³-hybridized carbons (Fsp3) is 0.308. The van der Waals surface area contributed by atoms with Crippen molar-refractivity contribution in [3.63, 3.8) is 0 Å². The first-order valence-corrected chi connectivity index (χ1v) is 7.85. The number of hydrogen-bond donors (Lipinski definition) is 3. The van der Waals surface area contributed by atoms with Crippen molar-refractivity contribution in [1.29, 1.82) is 0 Å². The van der Waals surface area contributed by atoms with Crippen LogP contribution in [0.3, 0.4) is 0 Å². The summed E-state index contributed by atoms with van der Waals surface area (Å²) < 4.78 is 32.4. The third-order valence-electron chi connectivity index (χ3n) is 2.96. The Bertz CT molecular complexity index is 697. The minimum absolute atomic E-state index is 0.0757. The third kappa shape index (κ3) is 3.60. The lowest BCUT2D eigenvalue weighted by Gasteiger charge is -2.10. The van der Waals surface area contributed by atoms with Crippen LogP contribution in [0.2, 0.25) is 0 Å². The number of nitrogens with zero attached hydrogens (tertiary/aromatic N) is 1. The zero-order chi connectivity index (χ0) is 15.3. The Hall–Kier alpha value is -1.90. The number of aromatic amines is 1. The maximum absolute atomic E-state index is 12.3. The molecule has 1 aromatic heterocycles. The van der Waals surface area contributed by atoms with Gasteiger partial charge in [0.2, 0.25) is 0 Å². The normalized spacial score (nSPS) is 11.5. The molecule has 0 atom stereocenters. The number of aromatic nitrogens is 2. The number of sulfonamides is 1. The molecule has 0 unspecified atom stereocenters. The Morgan fingerprint density at radius 3 is 2.71 bits per heavy atom. The van der Waals surface area contributed by atoms with Crippen molar-refractivity contribution in [1.82, 2.24) is 20.2 Å². The predicted octanol–water partition coefficient (Wildman–Crippen LogP) is 0.616. The number of nitrogens with one attached hydrogen (secondary N) is 3. The van der Waals surface area contributed by atoms with Crippen molar-refractivity contribution in [2.75, 3.05) is 14.2 Å². The Balaban J connectivity index is 2.16. The van der Waals surface area contributed by atoms with Gasteiger partial charge in [-0.05, 0) is 13.1 Å². The molecule has 0 aliphatic rings. The van der Waals surface area contributed by atoms with E-state index in [1.807, 2.05) is 18.2 Å².